The lowest BCUT2D eigenvalue weighted by Gasteiger charge is -2.15. The third-order valence-corrected chi connectivity index (χ3v) is 2.91. The van der Waals surface area contributed by atoms with Crippen LogP contribution < -0.4 is 5.06 Å². The van der Waals surface area contributed by atoms with E-state index < -0.39 is 0 Å². The number of carbonyl (C=O) groups is 2. The fraction of sp³-hybridized carbons (Fsp3) is 0.385. The molecule has 2 rings (SSSR count). The molecule has 1 aliphatic heterocycles. The van der Waals surface area contributed by atoms with Gasteiger partial charge in [0.25, 0.3) is 5.91 Å². The number of anilines is 1. The van der Waals surface area contributed by atoms with E-state index in [1.165, 1.54) is 5.06 Å². The molecule has 4 nitrogen and oxygen atoms in total. The summed E-state index contributed by atoms with van der Waals surface area (Å²) in [6.45, 7) is 2.45. The van der Waals surface area contributed by atoms with E-state index >= 15 is 0 Å². The molecule has 90 valence electrons. The van der Waals surface area contributed by atoms with E-state index in [0.717, 1.165) is 17.5 Å². The molecule has 4 heteroatoms. The molecule has 17 heavy (non-hydrogen) atoms. The molecule has 1 aromatic carbocycles. The molecule has 1 fully saturated rings. The lowest BCUT2D eigenvalue weighted by atomic mass is 9.98. The second-order valence-electron chi connectivity index (χ2n) is 4.17. The van der Waals surface area contributed by atoms with Gasteiger partial charge < -0.3 is 4.79 Å². The van der Waals surface area contributed by atoms with Crippen LogP contribution in [0, 0.1) is 0 Å². The van der Waals surface area contributed by atoms with Crippen molar-refractivity contribution in [3.63, 3.8) is 0 Å². The topological polar surface area (TPSA) is 46.6 Å². The van der Waals surface area contributed by atoms with E-state index in [1.54, 1.807) is 0 Å². The van der Waals surface area contributed by atoms with Crippen molar-refractivity contribution in [2.75, 3.05) is 11.7 Å². The number of hydroxylamine groups is 1. The quantitative estimate of drug-likeness (QED) is 0.748. The third kappa shape index (κ3) is 2.53. The monoisotopic (exact) mass is 233 g/mol. The maximum absolute atomic E-state index is 11.5. The molecular formula is C13H15NO3. The number of benzene rings is 1. The van der Waals surface area contributed by atoms with Crippen molar-refractivity contribution in [3.8, 4) is 0 Å². The van der Waals surface area contributed by atoms with Gasteiger partial charge in [0.05, 0.1) is 18.7 Å². The highest BCUT2D eigenvalue weighted by molar-refractivity contribution is 5.92. The average molecular weight is 233 g/mol. The van der Waals surface area contributed by atoms with Gasteiger partial charge in [0.1, 0.15) is 6.29 Å². The zero-order valence-corrected chi connectivity index (χ0v) is 9.76. The normalized spacial score (nSPS) is 17.2. The number of carbonyl (C=O) groups excluding carboxylic acids is 2. The first kappa shape index (κ1) is 11.8. The van der Waals surface area contributed by atoms with Crippen molar-refractivity contribution < 1.29 is 14.4 Å². The molecule has 1 amide bonds. The Kier molecular flexibility index (Phi) is 3.54. The summed E-state index contributed by atoms with van der Waals surface area (Å²) in [4.78, 5) is 27.1. The van der Waals surface area contributed by atoms with Gasteiger partial charge in [-0.05, 0) is 23.6 Å². The molecule has 0 aliphatic carbocycles. The lowest BCUT2D eigenvalue weighted by molar-refractivity contribution is -0.119. The second-order valence-corrected chi connectivity index (χ2v) is 4.17. The van der Waals surface area contributed by atoms with Gasteiger partial charge in [-0.15, -0.1) is 0 Å². The highest BCUT2D eigenvalue weighted by Crippen LogP contribution is 2.24. The van der Waals surface area contributed by atoms with Crippen LogP contribution in [0.3, 0.4) is 0 Å². The summed E-state index contributed by atoms with van der Waals surface area (Å²) in [7, 11) is 0. The predicted molar refractivity (Wildman–Crippen MR) is 63.6 cm³/mol. The molecule has 1 aliphatic rings. The predicted octanol–water partition coefficient (Wildman–Crippen LogP) is 2.05. The van der Waals surface area contributed by atoms with Crippen molar-refractivity contribution in [2.45, 2.75) is 25.7 Å². The number of aldehydes is 1. The van der Waals surface area contributed by atoms with Crippen molar-refractivity contribution in [3.05, 3.63) is 29.8 Å². The van der Waals surface area contributed by atoms with E-state index in [9.17, 15) is 9.59 Å². The Morgan fingerprint density at radius 1 is 1.41 bits per heavy atom. The van der Waals surface area contributed by atoms with Gasteiger partial charge >= 0.3 is 0 Å². The fourth-order valence-electron chi connectivity index (χ4n) is 1.83. The van der Waals surface area contributed by atoms with E-state index in [0.29, 0.717) is 19.4 Å². The zero-order valence-electron chi connectivity index (χ0n) is 9.76. The Bertz CT molecular complexity index is 413. The van der Waals surface area contributed by atoms with Crippen molar-refractivity contribution in [2.24, 2.45) is 0 Å². The number of amides is 1. The van der Waals surface area contributed by atoms with Gasteiger partial charge in [-0.25, -0.2) is 0 Å². The van der Waals surface area contributed by atoms with Gasteiger partial charge in [0.15, 0.2) is 0 Å². The molecule has 0 spiro atoms. The molecular weight excluding hydrogens is 218 g/mol. The Morgan fingerprint density at radius 2 is 2.12 bits per heavy atom. The highest BCUT2D eigenvalue weighted by Gasteiger charge is 2.23. The fourth-order valence-corrected chi connectivity index (χ4v) is 1.83. The molecule has 1 atom stereocenters. The Hall–Kier alpha value is -1.68. The second kappa shape index (κ2) is 5.10. The van der Waals surface area contributed by atoms with Crippen LogP contribution in [0.2, 0.25) is 0 Å². The molecule has 0 N–H and O–H groups in total. The first-order valence-corrected chi connectivity index (χ1v) is 5.72. The van der Waals surface area contributed by atoms with Crippen LogP contribution in [-0.4, -0.2) is 18.8 Å². The molecule has 0 aromatic heterocycles. The number of nitrogens with zero attached hydrogens (tertiary/aromatic N) is 1. The number of rotatable bonds is 4. The zero-order chi connectivity index (χ0) is 12.3. The lowest BCUT2D eigenvalue weighted by Crippen LogP contribution is -2.22. The van der Waals surface area contributed by atoms with Gasteiger partial charge in [0.2, 0.25) is 0 Å². The SMILES string of the molecule is CC(CC=O)c1ccc(N2OCCC2=O)cc1. The molecule has 0 bridgehead atoms. The van der Waals surface area contributed by atoms with E-state index in [2.05, 4.69) is 0 Å². The summed E-state index contributed by atoms with van der Waals surface area (Å²) < 4.78 is 0. The first-order chi connectivity index (χ1) is 8.22. The number of hydrogen-bond acceptors (Lipinski definition) is 3. The molecule has 1 saturated heterocycles. The minimum atomic E-state index is -0.0151. The van der Waals surface area contributed by atoms with Gasteiger partial charge in [0, 0.05) is 6.42 Å². The van der Waals surface area contributed by atoms with Crippen LogP contribution in [0.4, 0.5) is 5.69 Å². The highest BCUT2D eigenvalue weighted by atomic mass is 16.7. The first-order valence-electron chi connectivity index (χ1n) is 5.72. The minimum absolute atomic E-state index is 0.0151. The summed E-state index contributed by atoms with van der Waals surface area (Å²) in [5, 5.41) is 1.33. The summed E-state index contributed by atoms with van der Waals surface area (Å²) in [5.74, 6) is 0.190. The summed E-state index contributed by atoms with van der Waals surface area (Å²) in [6.07, 6.45) is 1.87. The number of hydrogen-bond donors (Lipinski definition) is 0. The smallest absolute Gasteiger partial charge is 0.253 e. The van der Waals surface area contributed by atoms with Crippen molar-refractivity contribution in [1.82, 2.24) is 0 Å². The maximum Gasteiger partial charge on any atom is 0.253 e. The molecule has 1 unspecified atom stereocenters. The Morgan fingerprint density at radius 3 is 2.65 bits per heavy atom. The van der Waals surface area contributed by atoms with E-state index in [1.807, 2.05) is 31.2 Å². The largest absolute Gasteiger partial charge is 0.303 e. The van der Waals surface area contributed by atoms with Crippen LogP contribution in [0.1, 0.15) is 31.2 Å². The molecule has 1 aromatic rings. The Balaban J connectivity index is 2.12. The van der Waals surface area contributed by atoms with Gasteiger partial charge in [-0.3, -0.25) is 9.63 Å². The Labute approximate surface area is 100 Å². The molecule has 0 radical (unpaired) electrons. The van der Waals surface area contributed by atoms with E-state index in [4.69, 9.17) is 4.84 Å². The average Bonchev–Trinajstić information content (AvgIpc) is 2.76. The van der Waals surface area contributed by atoms with Crippen LogP contribution in [0.15, 0.2) is 24.3 Å². The van der Waals surface area contributed by atoms with Crippen LogP contribution in [0.25, 0.3) is 0 Å². The van der Waals surface area contributed by atoms with E-state index in [-0.39, 0.29) is 11.8 Å². The van der Waals surface area contributed by atoms with Crippen LogP contribution in [-0.2, 0) is 14.4 Å². The van der Waals surface area contributed by atoms with Crippen molar-refractivity contribution in [1.29, 1.82) is 0 Å². The van der Waals surface area contributed by atoms with Gasteiger partial charge in [-0.1, -0.05) is 19.1 Å². The molecule has 1 heterocycles. The minimum Gasteiger partial charge on any atom is -0.303 e. The van der Waals surface area contributed by atoms with Crippen LogP contribution in [0.5, 0.6) is 0 Å². The molecule has 0 saturated carbocycles. The maximum atomic E-state index is 11.5. The van der Waals surface area contributed by atoms with Crippen molar-refractivity contribution >= 4 is 17.9 Å². The standard InChI is InChI=1S/C13H15NO3/c1-10(6-8-15)11-2-4-12(5-3-11)14-13(16)7-9-17-14/h2-5,8,10H,6-7,9H2,1H3. The van der Waals surface area contributed by atoms with Gasteiger partial charge in [-0.2, -0.15) is 5.06 Å². The third-order valence-electron chi connectivity index (χ3n) is 2.91. The van der Waals surface area contributed by atoms with Crippen LogP contribution >= 0.6 is 0 Å². The summed E-state index contributed by atoms with van der Waals surface area (Å²) in [6, 6.07) is 7.55. The summed E-state index contributed by atoms with van der Waals surface area (Å²) >= 11 is 0. The summed E-state index contributed by atoms with van der Waals surface area (Å²) in [5.41, 5.74) is 1.84.